The maximum absolute atomic E-state index is 12.1. The van der Waals surface area contributed by atoms with Gasteiger partial charge in [-0.2, -0.15) is 0 Å². The van der Waals surface area contributed by atoms with E-state index in [1.54, 1.807) is 18.2 Å². The molecule has 1 aromatic rings. The largest absolute Gasteiger partial charge is 0.508 e. The minimum atomic E-state index is 0.0281. The fraction of sp³-hybridized carbons (Fsp3) is 0.462. The highest BCUT2D eigenvalue weighted by Gasteiger charge is 2.31. The molecule has 0 bridgehead atoms. The second-order valence-electron chi connectivity index (χ2n) is 4.32. The smallest absolute Gasteiger partial charge is 0.254 e. The van der Waals surface area contributed by atoms with E-state index in [4.69, 9.17) is 0 Å². The van der Waals surface area contributed by atoms with Crippen LogP contribution in [0, 0.1) is 6.92 Å². The third kappa shape index (κ3) is 2.03. The molecular formula is C13H17NO2. The lowest BCUT2D eigenvalue weighted by Crippen LogP contribution is -2.32. The first-order valence-electron chi connectivity index (χ1n) is 5.74. The van der Waals surface area contributed by atoms with Crippen LogP contribution in [0.1, 0.15) is 35.7 Å². The Morgan fingerprint density at radius 2 is 2.19 bits per heavy atom. The monoisotopic (exact) mass is 219 g/mol. The Kier molecular flexibility index (Phi) is 2.86. The molecule has 0 radical (unpaired) electrons. The number of amides is 1. The average Bonchev–Trinajstić information content (AvgIpc) is 3.07. The summed E-state index contributed by atoms with van der Waals surface area (Å²) < 4.78 is 0. The first-order valence-corrected chi connectivity index (χ1v) is 5.74. The summed E-state index contributed by atoms with van der Waals surface area (Å²) in [6.45, 7) is 4.55. The van der Waals surface area contributed by atoms with E-state index >= 15 is 0 Å². The summed E-state index contributed by atoms with van der Waals surface area (Å²) in [5.41, 5.74) is 1.38. The van der Waals surface area contributed by atoms with E-state index in [1.165, 1.54) is 0 Å². The summed E-state index contributed by atoms with van der Waals surface area (Å²) in [7, 11) is 0. The molecule has 0 aromatic heterocycles. The van der Waals surface area contributed by atoms with Crippen molar-refractivity contribution in [3.8, 4) is 5.75 Å². The van der Waals surface area contributed by atoms with Crippen molar-refractivity contribution in [3.05, 3.63) is 29.3 Å². The van der Waals surface area contributed by atoms with Crippen LogP contribution in [0.15, 0.2) is 18.2 Å². The predicted molar refractivity (Wildman–Crippen MR) is 62.6 cm³/mol. The highest BCUT2D eigenvalue weighted by molar-refractivity contribution is 5.95. The van der Waals surface area contributed by atoms with Gasteiger partial charge in [-0.15, -0.1) is 0 Å². The van der Waals surface area contributed by atoms with Gasteiger partial charge < -0.3 is 10.0 Å². The number of hydrogen-bond donors (Lipinski definition) is 1. The molecule has 1 saturated carbocycles. The van der Waals surface area contributed by atoms with Crippen LogP contribution >= 0.6 is 0 Å². The van der Waals surface area contributed by atoms with Crippen LogP contribution in [0.3, 0.4) is 0 Å². The Morgan fingerprint density at radius 1 is 1.50 bits per heavy atom. The van der Waals surface area contributed by atoms with Gasteiger partial charge in [0, 0.05) is 18.2 Å². The van der Waals surface area contributed by atoms with Gasteiger partial charge in [0.15, 0.2) is 0 Å². The maximum atomic E-state index is 12.1. The van der Waals surface area contributed by atoms with Crippen LogP contribution in [-0.4, -0.2) is 28.5 Å². The lowest BCUT2D eigenvalue weighted by molar-refractivity contribution is 0.0752. The van der Waals surface area contributed by atoms with E-state index in [0.717, 1.165) is 24.9 Å². The second-order valence-corrected chi connectivity index (χ2v) is 4.32. The van der Waals surface area contributed by atoms with Crippen LogP contribution in [0.2, 0.25) is 0 Å². The van der Waals surface area contributed by atoms with E-state index in [9.17, 15) is 9.90 Å². The van der Waals surface area contributed by atoms with Gasteiger partial charge in [-0.3, -0.25) is 4.79 Å². The number of rotatable bonds is 3. The second kappa shape index (κ2) is 4.16. The Morgan fingerprint density at radius 3 is 2.69 bits per heavy atom. The maximum Gasteiger partial charge on any atom is 0.254 e. The van der Waals surface area contributed by atoms with Gasteiger partial charge in [0.1, 0.15) is 5.75 Å². The SMILES string of the molecule is CCN(C(=O)c1ccc(C)c(O)c1)C1CC1. The lowest BCUT2D eigenvalue weighted by Gasteiger charge is -2.20. The Balaban J connectivity index is 2.22. The number of hydrogen-bond acceptors (Lipinski definition) is 2. The third-order valence-corrected chi connectivity index (χ3v) is 3.05. The van der Waals surface area contributed by atoms with Crippen molar-refractivity contribution < 1.29 is 9.90 Å². The fourth-order valence-electron chi connectivity index (χ4n) is 1.86. The summed E-state index contributed by atoms with van der Waals surface area (Å²) >= 11 is 0. The van der Waals surface area contributed by atoms with Crippen molar-refractivity contribution in [2.45, 2.75) is 32.7 Å². The van der Waals surface area contributed by atoms with Crippen molar-refractivity contribution in [2.75, 3.05) is 6.54 Å². The van der Waals surface area contributed by atoms with Crippen molar-refractivity contribution in [1.82, 2.24) is 4.90 Å². The van der Waals surface area contributed by atoms with Crippen molar-refractivity contribution in [1.29, 1.82) is 0 Å². The molecule has 1 amide bonds. The molecule has 3 heteroatoms. The molecule has 2 rings (SSSR count). The number of phenols is 1. The van der Waals surface area contributed by atoms with E-state index in [1.807, 2.05) is 18.7 Å². The van der Waals surface area contributed by atoms with Gasteiger partial charge in [-0.25, -0.2) is 0 Å². The van der Waals surface area contributed by atoms with Crippen LogP contribution < -0.4 is 0 Å². The van der Waals surface area contributed by atoms with Crippen LogP contribution in [0.25, 0.3) is 0 Å². The van der Waals surface area contributed by atoms with Crippen LogP contribution in [0.5, 0.6) is 5.75 Å². The Labute approximate surface area is 95.7 Å². The summed E-state index contributed by atoms with van der Waals surface area (Å²) in [5.74, 6) is 0.220. The van der Waals surface area contributed by atoms with Gasteiger partial charge in [-0.05, 0) is 44.4 Å². The zero-order valence-corrected chi connectivity index (χ0v) is 9.73. The van der Waals surface area contributed by atoms with E-state index in [-0.39, 0.29) is 11.7 Å². The average molecular weight is 219 g/mol. The zero-order chi connectivity index (χ0) is 11.7. The molecule has 16 heavy (non-hydrogen) atoms. The molecule has 1 fully saturated rings. The number of carbonyl (C=O) groups is 1. The number of aromatic hydroxyl groups is 1. The molecule has 0 heterocycles. The molecular weight excluding hydrogens is 202 g/mol. The molecule has 1 aliphatic rings. The summed E-state index contributed by atoms with van der Waals surface area (Å²) in [4.78, 5) is 14.0. The Bertz CT molecular complexity index is 410. The highest BCUT2D eigenvalue weighted by atomic mass is 16.3. The fourth-order valence-corrected chi connectivity index (χ4v) is 1.86. The molecule has 0 atom stereocenters. The van der Waals surface area contributed by atoms with Crippen molar-refractivity contribution in [2.24, 2.45) is 0 Å². The quantitative estimate of drug-likeness (QED) is 0.847. The number of carbonyl (C=O) groups excluding carboxylic acids is 1. The van der Waals surface area contributed by atoms with E-state index in [2.05, 4.69) is 0 Å². The minimum Gasteiger partial charge on any atom is -0.508 e. The van der Waals surface area contributed by atoms with Gasteiger partial charge in [-0.1, -0.05) is 6.07 Å². The first-order chi connectivity index (χ1) is 7.63. The van der Waals surface area contributed by atoms with Crippen LogP contribution in [0.4, 0.5) is 0 Å². The molecule has 86 valence electrons. The first kappa shape index (κ1) is 11.0. The van der Waals surface area contributed by atoms with Gasteiger partial charge >= 0.3 is 0 Å². The van der Waals surface area contributed by atoms with Crippen molar-refractivity contribution in [3.63, 3.8) is 0 Å². The summed E-state index contributed by atoms with van der Waals surface area (Å²) in [5, 5.41) is 9.59. The molecule has 0 unspecified atom stereocenters. The Hall–Kier alpha value is -1.51. The van der Waals surface area contributed by atoms with E-state index < -0.39 is 0 Å². The minimum absolute atomic E-state index is 0.0281. The number of benzene rings is 1. The predicted octanol–water partition coefficient (Wildman–Crippen LogP) is 2.33. The molecule has 0 saturated heterocycles. The van der Waals surface area contributed by atoms with E-state index in [0.29, 0.717) is 11.6 Å². The van der Waals surface area contributed by atoms with Crippen molar-refractivity contribution >= 4 is 5.91 Å². The third-order valence-electron chi connectivity index (χ3n) is 3.05. The molecule has 1 aliphatic carbocycles. The molecule has 0 aliphatic heterocycles. The number of aryl methyl sites for hydroxylation is 1. The number of nitrogens with zero attached hydrogens (tertiary/aromatic N) is 1. The topological polar surface area (TPSA) is 40.5 Å². The van der Waals surface area contributed by atoms with Gasteiger partial charge in [0.05, 0.1) is 0 Å². The highest BCUT2D eigenvalue weighted by Crippen LogP contribution is 2.28. The lowest BCUT2D eigenvalue weighted by atomic mass is 10.1. The standard InChI is InChI=1S/C13H17NO2/c1-3-14(11-6-7-11)13(16)10-5-4-9(2)12(15)8-10/h4-5,8,11,15H,3,6-7H2,1-2H3. The zero-order valence-electron chi connectivity index (χ0n) is 9.73. The van der Waals surface area contributed by atoms with Gasteiger partial charge in [0.25, 0.3) is 5.91 Å². The molecule has 0 spiro atoms. The van der Waals surface area contributed by atoms with Gasteiger partial charge in [0.2, 0.25) is 0 Å². The summed E-state index contributed by atoms with van der Waals surface area (Å²) in [6.07, 6.45) is 2.22. The normalized spacial score (nSPS) is 14.9. The number of phenolic OH excluding ortho intramolecular Hbond substituents is 1. The van der Waals surface area contributed by atoms with Crippen LogP contribution in [-0.2, 0) is 0 Å². The molecule has 3 nitrogen and oxygen atoms in total. The summed E-state index contributed by atoms with van der Waals surface area (Å²) in [6, 6.07) is 5.54. The molecule has 1 N–H and O–H groups in total. The molecule has 1 aromatic carbocycles.